The summed E-state index contributed by atoms with van der Waals surface area (Å²) >= 11 is 0. The van der Waals surface area contributed by atoms with E-state index in [0.29, 0.717) is 12.1 Å². The average Bonchev–Trinajstić information content (AvgIpc) is 2.37. The van der Waals surface area contributed by atoms with E-state index in [-0.39, 0.29) is 36.7 Å². The molecule has 0 fully saturated rings. The van der Waals surface area contributed by atoms with Crippen molar-refractivity contribution in [3.63, 3.8) is 0 Å². The fourth-order valence-electron chi connectivity index (χ4n) is 1.81. The fourth-order valence-corrected chi connectivity index (χ4v) is 1.81. The Labute approximate surface area is 128 Å². The summed E-state index contributed by atoms with van der Waals surface area (Å²) in [5.41, 5.74) is 5.19. The Balaban J connectivity index is 0.00000400. The van der Waals surface area contributed by atoms with Crippen molar-refractivity contribution in [2.45, 2.75) is 38.4 Å². The van der Waals surface area contributed by atoms with Gasteiger partial charge in [-0.15, -0.1) is 12.4 Å². The van der Waals surface area contributed by atoms with E-state index in [1.807, 2.05) is 0 Å². The van der Waals surface area contributed by atoms with E-state index >= 15 is 0 Å². The predicted octanol–water partition coefficient (Wildman–Crippen LogP) is 3.08. The van der Waals surface area contributed by atoms with Gasteiger partial charge in [0.25, 0.3) is 0 Å². The van der Waals surface area contributed by atoms with Gasteiger partial charge in [0.1, 0.15) is 0 Å². The Morgan fingerprint density at radius 3 is 2.48 bits per heavy atom. The van der Waals surface area contributed by atoms with Gasteiger partial charge >= 0.3 is 6.18 Å². The minimum Gasteiger partial charge on any atom is -0.352 e. The second-order valence-corrected chi connectivity index (χ2v) is 4.93. The van der Waals surface area contributed by atoms with Gasteiger partial charge in [-0.05, 0) is 24.5 Å². The summed E-state index contributed by atoms with van der Waals surface area (Å²) in [6.45, 7) is 3.82. The average molecular weight is 325 g/mol. The van der Waals surface area contributed by atoms with Crippen LogP contribution in [0, 0.1) is 0 Å². The lowest BCUT2D eigenvalue weighted by Gasteiger charge is -2.16. The second kappa shape index (κ2) is 8.24. The smallest absolute Gasteiger partial charge is 0.352 e. The molecule has 0 bridgehead atoms. The summed E-state index contributed by atoms with van der Waals surface area (Å²) in [5.74, 6) is -0.505. The SMILES string of the molecule is CC(CC(=O)N[C@@H](C)CN)c1cccc(C(F)(F)F)c1.Cl. The molecule has 0 aromatic heterocycles. The van der Waals surface area contributed by atoms with Crippen molar-refractivity contribution in [2.75, 3.05) is 6.54 Å². The van der Waals surface area contributed by atoms with Gasteiger partial charge in [0.2, 0.25) is 5.91 Å². The van der Waals surface area contributed by atoms with Crippen LogP contribution in [0.4, 0.5) is 13.2 Å². The zero-order valence-corrected chi connectivity index (χ0v) is 12.7. The molecule has 7 heteroatoms. The van der Waals surface area contributed by atoms with Gasteiger partial charge in [0.05, 0.1) is 5.56 Å². The van der Waals surface area contributed by atoms with Crippen molar-refractivity contribution in [3.8, 4) is 0 Å². The lowest BCUT2D eigenvalue weighted by atomic mass is 9.95. The molecule has 0 aliphatic rings. The molecule has 3 nitrogen and oxygen atoms in total. The number of nitrogens with one attached hydrogen (secondary N) is 1. The van der Waals surface area contributed by atoms with Crippen LogP contribution in [0.2, 0.25) is 0 Å². The number of hydrogen-bond acceptors (Lipinski definition) is 2. The highest BCUT2D eigenvalue weighted by Crippen LogP contribution is 2.31. The quantitative estimate of drug-likeness (QED) is 0.874. The summed E-state index contributed by atoms with van der Waals surface area (Å²) in [7, 11) is 0. The summed E-state index contributed by atoms with van der Waals surface area (Å²) in [6.07, 6.45) is -4.24. The molecular weight excluding hydrogens is 305 g/mol. The van der Waals surface area contributed by atoms with Gasteiger partial charge in [-0.3, -0.25) is 4.79 Å². The van der Waals surface area contributed by atoms with E-state index < -0.39 is 11.7 Å². The number of alkyl halides is 3. The van der Waals surface area contributed by atoms with Crippen LogP contribution in [0.5, 0.6) is 0 Å². The number of benzene rings is 1. The Hall–Kier alpha value is -1.27. The van der Waals surface area contributed by atoms with Gasteiger partial charge in [0, 0.05) is 19.0 Å². The van der Waals surface area contributed by atoms with Gasteiger partial charge < -0.3 is 11.1 Å². The first-order chi connectivity index (χ1) is 9.24. The molecule has 0 aliphatic carbocycles. The van der Waals surface area contributed by atoms with E-state index in [1.165, 1.54) is 6.07 Å². The first-order valence-electron chi connectivity index (χ1n) is 6.40. The van der Waals surface area contributed by atoms with Gasteiger partial charge in [0.15, 0.2) is 0 Å². The second-order valence-electron chi connectivity index (χ2n) is 4.93. The number of amides is 1. The standard InChI is InChI=1S/C14H19F3N2O.ClH/c1-9(6-13(20)19-10(2)8-18)11-4-3-5-12(7-11)14(15,16)17;/h3-5,7,9-10H,6,8,18H2,1-2H3,(H,19,20);1H/t9?,10-;/m0./s1. The number of rotatable bonds is 5. The molecular formula is C14H20ClF3N2O. The molecule has 0 saturated carbocycles. The van der Waals surface area contributed by atoms with Crippen LogP contribution in [0.1, 0.15) is 37.3 Å². The van der Waals surface area contributed by atoms with Gasteiger partial charge in [-0.1, -0.05) is 25.1 Å². The number of carbonyl (C=O) groups excluding carboxylic acids is 1. The summed E-state index contributed by atoms with van der Waals surface area (Å²) < 4.78 is 37.9. The Morgan fingerprint density at radius 2 is 1.95 bits per heavy atom. The molecule has 120 valence electrons. The summed E-state index contributed by atoms with van der Waals surface area (Å²) in [6, 6.07) is 4.92. The Bertz CT molecular complexity index is 466. The topological polar surface area (TPSA) is 55.1 Å². The van der Waals surface area contributed by atoms with Crippen LogP contribution >= 0.6 is 12.4 Å². The number of nitrogens with two attached hydrogens (primary N) is 1. The summed E-state index contributed by atoms with van der Waals surface area (Å²) in [4.78, 5) is 11.7. The number of halogens is 4. The van der Waals surface area contributed by atoms with Crippen LogP contribution in [0.3, 0.4) is 0 Å². The third kappa shape index (κ3) is 6.35. The minimum atomic E-state index is -4.37. The molecule has 0 spiro atoms. The molecule has 1 amide bonds. The molecule has 3 N–H and O–H groups in total. The van der Waals surface area contributed by atoms with Crippen molar-refractivity contribution in [1.82, 2.24) is 5.32 Å². The molecule has 0 heterocycles. The van der Waals surface area contributed by atoms with Crippen molar-refractivity contribution in [3.05, 3.63) is 35.4 Å². The Morgan fingerprint density at radius 1 is 1.33 bits per heavy atom. The van der Waals surface area contributed by atoms with E-state index in [0.717, 1.165) is 12.1 Å². The largest absolute Gasteiger partial charge is 0.416 e. The molecule has 21 heavy (non-hydrogen) atoms. The lowest BCUT2D eigenvalue weighted by Crippen LogP contribution is -2.38. The molecule has 0 radical (unpaired) electrons. The highest BCUT2D eigenvalue weighted by Gasteiger charge is 2.30. The maximum absolute atomic E-state index is 12.6. The van der Waals surface area contributed by atoms with E-state index in [4.69, 9.17) is 5.73 Å². The van der Waals surface area contributed by atoms with Gasteiger partial charge in [-0.25, -0.2) is 0 Å². The normalized spacial score (nSPS) is 14.0. The number of carbonyl (C=O) groups is 1. The summed E-state index contributed by atoms with van der Waals surface area (Å²) in [5, 5.41) is 2.69. The fraction of sp³-hybridized carbons (Fsp3) is 0.500. The molecule has 2 atom stereocenters. The van der Waals surface area contributed by atoms with E-state index in [2.05, 4.69) is 5.32 Å². The third-order valence-electron chi connectivity index (χ3n) is 3.04. The van der Waals surface area contributed by atoms with Crippen LogP contribution < -0.4 is 11.1 Å². The molecule has 0 aliphatic heterocycles. The van der Waals surface area contributed by atoms with Crippen molar-refractivity contribution in [1.29, 1.82) is 0 Å². The molecule has 1 unspecified atom stereocenters. The molecule has 1 aromatic rings. The van der Waals surface area contributed by atoms with Crippen LogP contribution in [0.15, 0.2) is 24.3 Å². The van der Waals surface area contributed by atoms with Crippen molar-refractivity contribution in [2.24, 2.45) is 5.73 Å². The molecule has 1 rings (SSSR count). The first kappa shape index (κ1) is 19.7. The minimum absolute atomic E-state index is 0. The van der Waals surface area contributed by atoms with Crippen LogP contribution in [-0.4, -0.2) is 18.5 Å². The third-order valence-corrected chi connectivity index (χ3v) is 3.04. The van der Waals surface area contributed by atoms with E-state index in [9.17, 15) is 18.0 Å². The van der Waals surface area contributed by atoms with Crippen molar-refractivity contribution >= 4 is 18.3 Å². The predicted molar refractivity (Wildman–Crippen MR) is 78.4 cm³/mol. The van der Waals surface area contributed by atoms with E-state index in [1.54, 1.807) is 19.9 Å². The molecule has 1 aromatic carbocycles. The van der Waals surface area contributed by atoms with Gasteiger partial charge in [-0.2, -0.15) is 13.2 Å². The Kier molecular flexibility index (Phi) is 7.74. The highest BCUT2D eigenvalue weighted by molar-refractivity contribution is 5.85. The maximum atomic E-state index is 12.6. The molecule has 0 saturated heterocycles. The zero-order valence-electron chi connectivity index (χ0n) is 11.9. The maximum Gasteiger partial charge on any atom is 0.416 e. The monoisotopic (exact) mass is 324 g/mol. The highest BCUT2D eigenvalue weighted by atomic mass is 35.5. The zero-order chi connectivity index (χ0) is 15.3. The lowest BCUT2D eigenvalue weighted by molar-refractivity contribution is -0.137. The van der Waals surface area contributed by atoms with Crippen molar-refractivity contribution < 1.29 is 18.0 Å². The first-order valence-corrected chi connectivity index (χ1v) is 6.40. The number of hydrogen-bond donors (Lipinski definition) is 2. The van der Waals surface area contributed by atoms with Crippen LogP contribution in [0.25, 0.3) is 0 Å². The van der Waals surface area contributed by atoms with Crippen LogP contribution in [-0.2, 0) is 11.0 Å².